The summed E-state index contributed by atoms with van der Waals surface area (Å²) in [5.74, 6) is 0. The zero-order chi connectivity index (χ0) is 44.6. The summed E-state index contributed by atoms with van der Waals surface area (Å²) in [6.07, 6.45) is 16.7. The van der Waals surface area contributed by atoms with Crippen LogP contribution in [0.1, 0.15) is 150 Å². The van der Waals surface area contributed by atoms with Crippen LogP contribution < -0.4 is 22.1 Å². The molecule has 2 spiro atoms. The molecule has 0 aliphatic heterocycles. The highest BCUT2D eigenvalue weighted by atomic mass is 28.4. The fraction of sp³-hybridized carbons (Fsp3) is 0.755. The molecular weight excluding hydrogens is 781 g/mol. The summed E-state index contributed by atoms with van der Waals surface area (Å²) < 4.78 is 30.2. The Bertz CT molecular complexity index is 1200. The minimum atomic E-state index is -2.42. The zero-order valence-corrected chi connectivity index (χ0v) is 42.4. The van der Waals surface area contributed by atoms with Crippen LogP contribution in [0.3, 0.4) is 0 Å². The fourth-order valence-corrected chi connectivity index (χ4v) is 16.7. The molecule has 0 bridgehead atoms. The van der Waals surface area contributed by atoms with Gasteiger partial charge < -0.3 is 44.2 Å². The van der Waals surface area contributed by atoms with E-state index in [4.69, 9.17) is 33.6 Å². The lowest BCUT2D eigenvalue weighted by molar-refractivity contribution is 0.0644. The summed E-state index contributed by atoms with van der Waals surface area (Å²) in [6.45, 7) is 30.0. The highest BCUT2D eigenvalue weighted by Gasteiger charge is 2.69. The van der Waals surface area contributed by atoms with Crippen LogP contribution in [0, 0.1) is 10.8 Å². The number of hydrogen-bond acceptors (Lipinski definition) is 9. The molecule has 4 fully saturated rings. The predicted molar refractivity (Wildman–Crippen MR) is 260 cm³/mol. The van der Waals surface area contributed by atoms with Gasteiger partial charge in [0.05, 0.1) is 0 Å². The van der Waals surface area contributed by atoms with Gasteiger partial charge >= 0.3 is 17.4 Å². The molecule has 6 rings (SSSR count). The highest BCUT2D eigenvalue weighted by molar-refractivity contribution is 6.68. The van der Waals surface area contributed by atoms with Crippen LogP contribution in [-0.2, 0) is 35.2 Å². The van der Waals surface area contributed by atoms with Crippen molar-refractivity contribution in [1.82, 2.24) is 10.6 Å². The normalized spacial score (nSPS) is 19.3. The van der Waals surface area contributed by atoms with E-state index < -0.39 is 17.4 Å². The van der Waals surface area contributed by atoms with Gasteiger partial charge in [-0.25, -0.2) is 0 Å². The number of nitrogens with one attached hydrogen (secondary N) is 2. The second-order valence-corrected chi connectivity index (χ2v) is 22.6. The zero-order valence-electron chi connectivity index (χ0n) is 40.4. The van der Waals surface area contributed by atoms with Crippen molar-refractivity contribution in [3.63, 3.8) is 0 Å². The van der Waals surface area contributed by atoms with Crippen molar-refractivity contribution < 1.29 is 22.1 Å². The second kappa shape index (κ2) is 33.1. The SMILES string of the molecule is CCN.CCN.CCNCc1ccccc1.CCNCc1ccccc1.CCO[Si](C)(OCC)C1CC12CCCCC2.CCO[Si](OCC)(OCC)C1CC12CCCCC2. The minimum Gasteiger partial charge on any atom is -0.394 e. The van der Waals surface area contributed by atoms with E-state index in [0.29, 0.717) is 36.2 Å². The first-order valence-corrected chi connectivity index (χ1v) is 28.4. The Morgan fingerprint density at radius 1 is 0.500 bits per heavy atom. The van der Waals surface area contributed by atoms with Crippen LogP contribution in [0.2, 0.25) is 17.6 Å². The van der Waals surface area contributed by atoms with Gasteiger partial charge in [-0.2, -0.15) is 0 Å². The van der Waals surface area contributed by atoms with Crippen LogP contribution in [0.25, 0.3) is 0 Å². The molecule has 9 nitrogen and oxygen atoms in total. The maximum Gasteiger partial charge on any atom is 0.504 e. The monoisotopic (exact) mass is 875 g/mol. The third kappa shape index (κ3) is 20.3. The van der Waals surface area contributed by atoms with E-state index in [2.05, 4.69) is 114 Å². The van der Waals surface area contributed by atoms with Gasteiger partial charge in [-0.1, -0.05) is 127 Å². The van der Waals surface area contributed by atoms with Crippen molar-refractivity contribution in [2.24, 2.45) is 22.3 Å². The largest absolute Gasteiger partial charge is 0.504 e. The van der Waals surface area contributed by atoms with Crippen LogP contribution in [0.5, 0.6) is 0 Å². The van der Waals surface area contributed by atoms with E-state index in [1.807, 2.05) is 26.0 Å². The third-order valence-corrected chi connectivity index (χ3v) is 19.4. The molecule has 4 aliphatic carbocycles. The predicted octanol–water partition coefficient (Wildman–Crippen LogP) is 11.1. The molecule has 348 valence electrons. The Hall–Kier alpha value is -1.49. The fourth-order valence-electron chi connectivity index (χ4n) is 9.13. The molecule has 2 aromatic carbocycles. The first kappa shape index (κ1) is 56.5. The number of hydrogen-bond donors (Lipinski definition) is 4. The quantitative estimate of drug-likeness (QED) is 0.108. The average Bonchev–Trinajstić information content (AvgIpc) is 4.17. The molecule has 2 unspecified atom stereocenters. The van der Waals surface area contributed by atoms with Gasteiger partial charge in [-0.15, -0.1) is 0 Å². The third-order valence-electron chi connectivity index (χ3n) is 11.9. The summed E-state index contributed by atoms with van der Waals surface area (Å²) in [5, 5.41) is 6.53. The number of benzene rings is 2. The summed E-state index contributed by atoms with van der Waals surface area (Å²) in [5.41, 5.74) is 14.9. The molecular formula is C49H94N4O5Si2. The maximum absolute atomic E-state index is 6.06. The summed E-state index contributed by atoms with van der Waals surface area (Å²) >= 11 is 0. The summed E-state index contributed by atoms with van der Waals surface area (Å²) in [7, 11) is -4.30. The summed E-state index contributed by atoms with van der Waals surface area (Å²) in [4.78, 5) is 0. The molecule has 0 radical (unpaired) electrons. The summed E-state index contributed by atoms with van der Waals surface area (Å²) in [6, 6.07) is 20.8. The average molecular weight is 875 g/mol. The minimum absolute atomic E-state index is 0.518. The molecule has 2 atom stereocenters. The Kier molecular flexibility index (Phi) is 31.2. The molecule has 6 N–H and O–H groups in total. The first-order valence-electron chi connectivity index (χ1n) is 24.2. The van der Waals surface area contributed by atoms with Gasteiger partial charge in [0.25, 0.3) is 0 Å². The van der Waals surface area contributed by atoms with Crippen molar-refractivity contribution in [2.75, 3.05) is 59.2 Å². The Morgan fingerprint density at radius 2 is 0.817 bits per heavy atom. The van der Waals surface area contributed by atoms with Crippen LogP contribution in [-0.4, -0.2) is 76.6 Å². The van der Waals surface area contributed by atoms with Gasteiger partial charge in [-0.3, -0.25) is 0 Å². The second-order valence-electron chi connectivity index (χ2n) is 16.5. The molecule has 2 aromatic rings. The van der Waals surface area contributed by atoms with Crippen LogP contribution in [0.4, 0.5) is 0 Å². The number of rotatable bonds is 18. The van der Waals surface area contributed by atoms with Crippen molar-refractivity contribution in [3.05, 3.63) is 71.8 Å². The van der Waals surface area contributed by atoms with Crippen LogP contribution in [0.15, 0.2) is 60.7 Å². The lowest BCUT2D eigenvalue weighted by Crippen LogP contribution is -2.48. The highest BCUT2D eigenvalue weighted by Crippen LogP contribution is 2.70. The molecule has 60 heavy (non-hydrogen) atoms. The van der Waals surface area contributed by atoms with E-state index >= 15 is 0 Å². The molecule has 11 heteroatoms. The van der Waals surface area contributed by atoms with Crippen molar-refractivity contribution in [2.45, 2.75) is 170 Å². The molecule has 4 aliphatic rings. The lowest BCUT2D eigenvalue weighted by Gasteiger charge is -2.32. The lowest BCUT2D eigenvalue weighted by atomic mass is 9.86. The Labute approximate surface area is 372 Å². The van der Waals surface area contributed by atoms with E-state index in [1.54, 1.807) is 0 Å². The van der Waals surface area contributed by atoms with Crippen molar-refractivity contribution in [3.8, 4) is 0 Å². The molecule has 0 saturated heterocycles. The van der Waals surface area contributed by atoms with E-state index in [1.165, 1.54) is 88.2 Å². The van der Waals surface area contributed by atoms with Gasteiger partial charge in [0.15, 0.2) is 0 Å². The maximum atomic E-state index is 6.06. The van der Waals surface area contributed by atoms with Crippen molar-refractivity contribution in [1.29, 1.82) is 0 Å². The van der Waals surface area contributed by atoms with E-state index in [0.717, 1.165) is 58.0 Å². The Balaban J connectivity index is 0.000000393. The standard InChI is InChI=1S/C14H28O3Si.C13H26O2Si.2C9H13N.2C2H7N/c1-4-15-18(16-5-2,17-6-3)13-12-14(13)10-8-7-9-11-14;1-4-14-16(3,15-5-2)12-11-13(12)9-7-6-8-10-13;2*1-2-10-8-9-6-4-3-5-7-9;2*1-2-3/h13H,4-12H2,1-3H3;12H,4-11H2,1-3H3;2*3-7,10H,2,8H2,1H3;2*2-3H2,1H3. The van der Waals surface area contributed by atoms with Gasteiger partial charge in [-0.05, 0) is 128 Å². The van der Waals surface area contributed by atoms with E-state index in [-0.39, 0.29) is 0 Å². The first-order chi connectivity index (χ1) is 29.1. The van der Waals surface area contributed by atoms with Crippen molar-refractivity contribution >= 4 is 17.4 Å². The molecule has 4 saturated carbocycles. The Morgan fingerprint density at radius 3 is 1.13 bits per heavy atom. The molecule has 0 amide bonds. The topological polar surface area (TPSA) is 122 Å². The van der Waals surface area contributed by atoms with Crippen LogP contribution >= 0.6 is 0 Å². The molecule has 0 heterocycles. The van der Waals surface area contributed by atoms with Gasteiger partial charge in [0, 0.05) is 57.2 Å². The van der Waals surface area contributed by atoms with Gasteiger partial charge in [0.2, 0.25) is 0 Å². The smallest absolute Gasteiger partial charge is 0.394 e. The molecule has 0 aromatic heterocycles. The number of nitrogens with two attached hydrogens (primary N) is 2. The van der Waals surface area contributed by atoms with E-state index in [9.17, 15) is 0 Å². The van der Waals surface area contributed by atoms with Gasteiger partial charge in [0.1, 0.15) is 0 Å².